The monoisotopic (exact) mass is 554 g/mol. The number of benzene rings is 1. The third-order valence-corrected chi connectivity index (χ3v) is 7.34. The highest BCUT2D eigenvalue weighted by atomic mass is 19.3. The van der Waals surface area contributed by atoms with E-state index in [1.54, 1.807) is 37.3 Å². The number of fused-ring (bicyclic) bond motifs is 1. The van der Waals surface area contributed by atoms with Crippen LogP contribution in [0.4, 0.5) is 14.7 Å². The number of nitrogens with zero attached hydrogens (tertiary/aromatic N) is 7. The number of halogens is 2. The van der Waals surface area contributed by atoms with E-state index in [-0.39, 0.29) is 11.9 Å². The van der Waals surface area contributed by atoms with Gasteiger partial charge in [0.05, 0.1) is 30.8 Å². The molecule has 1 aromatic carbocycles. The molecule has 1 aliphatic carbocycles. The summed E-state index contributed by atoms with van der Waals surface area (Å²) in [5.41, 5.74) is 1.03. The van der Waals surface area contributed by atoms with Gasteiger partial charge in [-0.15, -0.1) is 10.2 Å². The summed E-state index contributed by atoms with van der Waals surface area (Å²) in [6.07, 6.45) is 0.936. The molecule has 1 aliphatic heterocycles. The zero-order chi connectivity index (χ0) is 27.5. The number of para-hydroxylation sites is 2. The first-order valence-corrected chi connectivity index (χ1v) is 13.7. The van der Waals surface area contributed by atoms with Crippen LogP contribution in [0.1, 0.15) is 49.7 Å². The number of aromatic nitrogens is 6. The molecule has 13 heteroatoms. The van der Waals surface area contributed by atoms with E-state index in [0.717, 1.165) is 32.2 Å². The minimum atomic E-state index is -2.77. The van der Waals surface area contributed by atoms with Gasteiger partial charge in [0.25, 0.3) is 6.43 Å². The zero-order valence-corrected chi connectivity index (χ0v) is 22.3. The van der Waals surface area contributed by atoms with E-state index in [0.29, 0.717) is 79.2 Å². The van der Waals surface area contributed by atoms with Crippen molar-refractivity contribution in [3.8, 4) is 11.7 Å². The largest absolute Gasteiger partial charge is 0.474 e. The SMILES string of the molecule is Cc1nnc(CNCC2CCC(Oc3cc(-n4c(C(F)F)nc5ccccc54)nc(N4CCOCC4)n3)CC2)o1. The van der Waals surface area contributed by atoms with E-state index < -0.39 is 6.43 Å². The third-order valence-electron chi connectivity index (χ3n) is 7.34. The molecule has 2 aliphatic rings. The van der Waals surface area contributed by atoms with Gasteiger partial charge in [0.15, 0.2) is 5.82 Å². The van der Waals surface area contributed by atoms with Gasteiger partial charge >= 0.3 is 0 Å². The molecular formula is C27H32F2N8O3. The van der Waals surface area contributed by atoms with Crippen molar-refractivity contribution < 1.29 is 22.7 Å². The Hall–Kier alpha value is -3.71. The maximum Gasteiger partial charge on any atom is 0.296 e. The van der Waals surface area contributed by atoms with E-state index in [1.165, 1.54) is 4.57 Å². The highest BCUT2D eigenvalue weighted by molar-refractivity contribution is 5.78. The number of hydrogen-bond acceptors (Lipinski definition) is 10. The van der Waals surface area contributed by atoms with Gasteiger partial charge in [-0.3, -0.25) is 4.57 Å². The van der Waals surface area contributed by atoms with Gasteiger partial charge in [-0.25, -0.2) is 13.8 Å². The molecular weight excluding hydrogens is 522 g/mol. The molecule has 0 radical (unpaired) electrons. The smallest absolute Gasteiger partial charge is 0.296 e. The normalized spacial score (nSPS) is 19.9. The minimum absolute atomic E-state index is 0.0239. The quantitative estimate of drug-likeness (QED) is 0.325. The predicted molar refractivity (Wildman–Crippen MR) is 142 cm³/mol. The average molecular weight is 555 g/mol. The van der Waals surface area contributed by atoms with Gasteiger partial charge in [-0.1, -0.05) is 12.1 Å². The van der Waals surface area contributed by atoms with Crippen LogP contribution in [0.15, 0.2) is 34.7 Å². The van der Waals surface area contributed by atoms with Gasteiger partial charge in [-0.05, 0) is 50.3 Å². The van der Waals surface area contributed by atoms with Crippen molar-refractivity contribution in [1.82, 2.24) is 35.0 Å². The second-order valence-electron chi connectivity index (χ2n) is 10.2. The molecule has 4 heterocycles. The fourth-order valence-corrected chi connectivity index (χ4v) is 5.33. The van der Waals surface area contributed by atoms with Crippen molar-refractivity contribution in [2.24, 2.45) is 5.92 Å². The highest BCUT2D eigenvalue weighted by Crippen LogP contribution is 2.31. The van der Waals surface area contributed by atoms with Crippen LogP contribution in [0.3, 0.4) is 0 Å². The molecule has 0 unspecified atom stereocenters. The molecule has 0 atom stereocenters. The average Bonchev–Trinajstić information content (AvgIpc) is 3.58. The number of nitrogens with one attached hydrogen (secondary N) is 1. The van der Waals surface area contributed by atoms with Crippen LogP contribution in [0, 0.1) is 12.8 Å². The number of imidazole rings is 1. The lowest BCUT2D eigenvalue weighted by Gasteiger charge is -2.30. The maximum absolute atomic E-state index is 14.1. The molecule has 0 amide bonds. The van der Waals surface area contributed by atoms with Crippen molar-refractivity contribution in [3.05, 3.63) is 47.9 Å². The highest BCUT2D eigenvalue weighted by Gasteiger charge is 2.26. The second kappa shape index (κ2) is 11.8. The van der Waals surface area contributed by atoms with Crippen LogP contribution in [-0.2, 0) is 11.3 Å². The first-order valence-electron chi connectivity index (χ1n) is 13.7. The number of hydrogen-bond donors (Lipinski definition) is 1. The summed E-state index contributed by atoms with van der Waals surface area (Å²) in [6, 6.07) is 8.70. The van der Waals surface area contributed by atoms with Crippen LogP contribution in [-0.4, -0.2) is 68.7 Å². The summed E-state index contributed by atoms with van der Waals surface area (Å²) < 4.78 is 46.9. The molecule has 1 saturated heterocycles. The Morgan fingerprint density at radius 2 is 1.85 bits per heavy atom. The van der Waals surface area contributed by atoms with Gasteiger partial charge in [0, 0.05) is 26.1 Å². The number of anilines is 1. The van der Waals surface area contributed by atoms with E-state index in [9.17, 15) is 8.78 Å². The van der Waals surface area contributed by atoms with Crippen molar-refractivity contribution in [1.29, 1.82) is 0 Å². The van der Waals surface area contributed by atoms with Gasteiger partial charge < -0.3 is 24.1 Å². The minimum Gasteiger partial charge on any atom is -0.474 e. The molecule has 3 aromatic heterocycles. The van der Waals surface area contributed by atoms with Crippen molar-refractivity contribution in [2.75, 3.05) is 37.7 Å². The summed E-state index contributed by atoms with van der Waals surface area (Å²) in [6.45, 7) is 5.49. The summed E-state index contributed by atoms with van der Waals surface area (Å²) in [4.78, 5) is 15.6. The Bertz CT molecular complexity index is 1430. The summed E-state index contributed by atoms with van der Waals surface area (Å²) in [5, 5.41) is 11.3. The third kappa shape index (κ3) is 5.89. The van der Waals surface area contributed by atoms with E-state index in [1.807, 2.05) is 4.90 Å². The maximum atomic E-state index is 14.1. The molecule has 6 rings (SSSR count). The molecule has 2 fully saturated rings. The van der Waals surface area contributed by atoms with E-state index in [2.05, 4.69) is 20.5 Å². The molecule has 0 spiro atoms. The summed E-state index contributed by atoms with van der Waals surface area (Å²) in [5.74, 6) is 2.42. The van der Waals surface area contributed by atoms with Crippen LogP contribution in [0.25, 0.3) is 16.9 Å². The number of ether oxygens (including phenoxy) is 2. The molecule has 4 aromatic rings. The van der Waals surface area contributed by atoms with Crippen LogP contribution in [0.2, 0.25) is 0 Å². The number of rotatable bonds is 9. The second-order valence-corrected chi connectivity index (χ2v) is 10.2. The van der Waals surface area contributed by atoms with Crippen LogP contribution < -0.4 is 15.0 Å². The predicted octanol–water partition coefficient (Wildman–Crippen LogP) is 4.01. The molecule has 0 bridgehead atoms. The summed E-state index contributed by atoms with van der Waals surface area (Å²) >= 11 is 0. The molecule has 1 N–H and O–H groups in total. The zero-order valence-electron chi connectivity index (χ0n) is 22.3. The number of alkyl halides is 2. The molecule has 11 nitrogen and oxygen atoms in total. The van der Waals surface area contributed by atoms with Gasteiger partial charge in [-0.2, -0.15) is 9.97 Å². The fraction of sp³-hybridized carbons (Fsp3) is 0.519. The topological polar surface area (TPSA) is 116 Å². The Kier molecular flexibility index (Phi) is 7.82. The van der Waals surface area contributed by atoms with Crippen molar-refractivity contribution in [2.45, 2.75) is 51.7 Å². The van der Waals surface area contributed by atoms with Crippen molar-refractivity contribution in [3.63, 3.8) is 0 Å². The van der Waals surface area contributed by atoms with Gasteiger partial charge in [0.1, 0.15) is 11.9 Å². The Morgan fingerprint density at radius 3 is 2.60 bits per heavy atom. The summed E-state index contributed by atoms with van der Waals surface area (Å²) in [7, 11) is 0. The lowest BCUT2D eigenvalue weighted by Crippen LogP contribution is -2.37. The Labute approximate surface area is 229 Å². The molecule has 212 valence electrons. The number of morpholine rings is 1. The molecule has 1 saturated carbocycles. The standard InChI is InChI=1S/C27H32F2N8O3/c1-17-34-35-24(39-17)16-30-15-18-6-8-19(9-7-18)40-23-14-22(32-27(33-23)36-10-12-38-13-11-36)37-21-5-3-2-4-20(21)31-26(37)25(28)29/h2-5,14,18-19,25,30H,6-13,15-16H2,1H3. The first kappa shape index (κ1) is 26.5. The van der Waals surface area contributed by atoms with Crippen LogP contribution in [0.5, 0.6) is 5.88 Å². The van der Waals surface area contributed by atoms with E-state index in [4.69, 9.17) is 23.9 Å². The molecule has 40 heavy (non-hydrogen) atoms. The Morgan fingerprint density at radius 1 is 1.05 bits per heavy atom. The Balaban J connectivity index is 1.19. The first-order chi connectivity index (χ1) is 19.5. The number of aryl methyl sites for hydroxylation is 1. The van der Waals surface area contributed by atoms with E-state index >= 15 is 0 Å². The van der Waals surface area contributed by atoms with Gasteiger partial charge in [0.2, 0.25) is 23.6 Å². The lowest BCUT2D eigenvalue weighted by atomic mass is 9.87. The van der Waals surface area contributed by atoms with Crippen molar-refractivity contribution >= 4 is 17.0 Å². The fourth-order valence-electron chi connectivity index (χ4n) is 5.33. The lowest BCUT2D eigenvalue weighted by molar-refractivity contribution is 0.119. The van der Waals surface area contributed by atoms with Crippen LogP contribution >= 0.6 is 0 Å².